The highest BCUT2D eigenvalue weighted by molar-refractivity contribution is 6.32. The maximum atomic E-state index is 10.8. The largest absolute Gasteiger partial charge is 0.542 e. The number of carbonyl (C=O) groups excluding carboxylic acids is 2. The molecule has 0 saturated heterocycles. The van der Waals surface area contributed by atoms with E-state index in [4.69, 9.17) is 4.74 Å². The molecular weight excluding hydrogens is 200 g/mol. The van der Waals surface area contributed by atoms with Gasteiger partial charge in [-0.15, -0.1) is 0 Å². The lowest BCUT2D eigenvalue weighted by molar-refractivity contribution is -0.299. The number of phenols is 1. The zero-order valence-electron chi connectivity index (χ0n) is 8.02. The number of carbonyl (C=O) groups is 2. The van der Waals surface area contributed by atoms with Crippen LogP contribution in [0.2, 0.25) is 0 Å². The fourth-order valence-corrected chi connectivity index (χ4v) is 1.09. The summed E-state index contributed by atoms with van der Waals surface area (Å²) in [4.78, 5) is 21.0. The minimum Gasteiger partial charge on any atom is -0.542 e. The van der Waals surface area contributed by atoms with Gasteiger partial charge in [0.05, 0.1) is 7.11 Å². The van der Waals surface area contributed by atoms with Crippen molar-refractivity contribution in [3.63, 3.8) is 0 Å². The monoisotopic (exact) mass is 209 g/mol. The second-order valence-corrected chi connectivity index (χ2v) is 2.89. The Bertz CT molecular complexity index is 397. The van der Waals surface area contributed by atoms with Gasteiger partial charge < -0.3 is 19.7 Å². The van der Waals surface area contributed by atoms with Gasteiger partial charge >= 0.3 is 0 Å². The van der Waals surface area contributed by atoms with Crippen molar-refractivity contribution >= 4 is 11.8 Å². The van der Waals surface area contributed by atoms with E-state index in [2.05, 4.69) is 0 Å². The van der Waals surface area contributed by atoms with Crippen LogP contribution in [-0.4, -0.2) is 24.0 Å². The SMILES string of the molecule is COc1cc(CC(=O)C(=O)[O-])ccc1O. The number of Topliss-reactive ketones (excluding diaryl/α,β-unsaturated/α-hetero) is 1. The zero-order chi connectivity index (χ0) is 11.4. The summed E-state index contributed by atoms with van der Waals surface area (Å²) < 4.78 is 4.80. The summed E-state index contributed by atoms with van der Waals surface area (Å²) >= 11 is 0. The van der Waals surface area contributed by atoms with E-state index in [1.165, 1.54) is 25.3 Å². The molecule has 0 aromatic heterocycles. The number of hydrogen-bond donors (Lipinski definition) is 1. The van der Waals surface area contributed by atoms with Crippen LogP contribution in [0.1, 0.15) is 5.56 Å². The summed E-state index contributed by atoms with van der Waals surface area (Å²) in [6.07, 6.45) is -0.279. The highest BCUT2D eigenvalue weighted by Gasteiger charge is 2.07. The van der Waals surface area contributed by atoms with E-state index in [0.29, 0.717) is 5.56 Å². The summed E-state index contributed by atoms with van der Waals surface area (Å²) in [6.45, 7) is 0. The van der Waals surface area contributed by atoms with E-state index < -0.39 is 11.8 Å². The molecule has 0 fully saturated rings. The molecule has 0 aliphatic heterocycles. The van der Waals surface area contributed by atoms with Gasteiger partial charge in [0, 0.05) is 6.42 Å². The highest BCUT2D eigenvalue weighted by atomic mass is 16.5. The number of aliphatic carboxylic acids is 1. The standard InChI is InChI=1S/C10H10O5/c1-15-9-5-6(2-3-7(9)11)4-8(12)10(13)14/h2-3,5,11H,4H2,1H3,(H,13,14)/p-1. The van der Waals surface area contributed by atoms with E-state index in [-0.39, 0.29) is 17.9 Å². The third-order valence-corrected chi connectivity index (χ3v) is 1.84. The quantitative estimate of drug-likeness (QED) is 0.660. The predicted octanol–water partition coefficient (Wildman–Crippen LogP) is -0.738. The number of aromatic hydroxyl groups is 1. The van der Waals surface area contributed by atoms with Gasteiger partial charge in [0.1, 0.15) is 5.97 Å². The minimum atomic E-state index is -1.72. The Morgan fingerprint density at radius 2 is 2.13 bits per heavy atom. The molecule has 1 aromatic rings. The first-order chi connectivity index (χ1) is 7.04. The summed E-state index contributed by atoms with van der Waals surface area (Å²) in [5, 5.41) is 19.4. The average Bonchev–Trinajstić information content (AvgIpc) is 2.20. The number of hydrogen-bond acceptors (Lipinski definition) is 5. The van der Waals surface area contributed by atoms with Crippen LogP contribution in [0.4, 0.5) is 0 Å². The third kappa shape index (κ3) is 2.70. The van der Waals surface area contributed by atoms with Crippen molar-refractivity contribution in [1.82, 2.24) is 0 Å². The molecule has 0 bridgehead atoms. The maximum absolute atomic E-state index is 10.8. The number of carboxylic acid groups (broad SMARTS) is 1. The van der Waals surface area contributed by atoms with Gasteiger partial charge in [0.15, 0.2) is 17.3 Å². The van der Waals surface area contributed by atoms with Crippen LogP contribution in [0, 0.1) is 0 Å². The van der Waals surface area contributed by atoms with Crippen molar-refractivity contribution in [2.45, 2.75) is 6.42 Å². The number of phenolic OH excluding ortho intramolecular Hbond substituents is 1. The van der Waals surface area contributed by atoms with Gasteiger partial charge in [-0.1, -0.05) is 6.07 Å². The first-order valence-corrected chi connectivity index (χ1v) is 4.14. The Morgan fingerprint density at radius 3 is 2.67 bits per heavy atom. The topological polar surface area (TPSA) is 86.7 Å². The molecule has 15 heavy (non-hydrogen) atoms. The Balaban J connectivity index is 2.87. The molecule has 0 spiro atoms. The lowest BCUT2D eigenvalue weighted by Gasteiger charge is -2.06. The third-order valence-electron chi connectivity index (χ3n) is 1.84. The molecule has 0 heterocycles. The van der Waals surface area contributed by atoms with E-state index in [1.54, 1.807) is 0 Å². The molecule has 0 unspecified atom stereocenters. The molecule has 5 heteroatoms. The predicted molar refractivity (Wildman–Crippen MR) is 48.4 cm³/mol. The number of rotatable bonds is 4. The molecular formula is C10H9O5-. The van der Waals surface area contributed by atoms with Gasteiger partial charge in [0.2, 0.25) is 0 Å². The van der Waals surface area contributed by atoms with Crippen LogP contribution >= 0.6 is 0 Å². The van der Waals surface area contributed by atoms with Crippen molar-refractivity contribution in [2.75, 3.05) is 7.11 Å². The molecule has 0 aliphatic carbocycles. The van der Waals surface area contributed by atoms with Crippen molar-refractivity contribution in [2.24, 2.45) is 0 Å². The fourth-order valence-electron chi connectivity index (χ4n) is 1.09. The molecule has 0 radical (unpaired) electrons. The Labute approximate surface area is 85.9 Å². The normalized spacial score (nSPS) is 9.67. The van der Waals surface area contributed by atoms with E-state index in [0.717, 1.165) is 0 Å². The molecule has 1 N–H and O–H groups in total. The molecule has 0 amide bonds. The smallest absolute Gasteiger partial charge is 0.182 e. The summed E-state index contributed by atoms with van der Waals surface area (Å²) in [6, 6.07) is 4.17. The zero-order valence-corrected chi connectivity index (χ0v) is 8.02. The second kappa shape index (κ2) is 4.45. The Morgan fingerprint density at radius 1 is 1.47 bits per heavy atom. The van der Waals surface area contributed by atoms with Crippen LogP contribution in [0.3, 0.4) is 0 Å². The average molecular weight is 209 g/mol. The lowest BCUT2D eigenvalue weighted by atomic mass is 10.1. The first-order valence-electron chi connectivity index (χ1n) is 4.14. The molecule has 1 aromatic carbocycles. The van der Waals surface area contributed by atoms with Crippen molar-refractivity contribution in [3.05, 3.63) is 23.8 Å². The molecule has 0 aliphatic rings. The number of carboxylic acids is 1. The van der Waals surface area contributed by atoms with E-state index in [1.807, 2.05) is 0 Å². The molecule has 0 saturated carbocycles. The summed E-state index contributed by atoms with van der Waals surface area (Å²) in [7, 11) is 1.36. The number of methoxy groups -OCH3 is 1. The van der Waals surface area contributed by atoms with Gasteiger partial charge in [-0.25, -0.2) is 0 Å². The van der Waals surface area contributed by atoms with Crippen LogP contribution in [0.5, 0.6) is 11.5 Å². The summed E-state index contributed by atoms with van der Waals surface area (Å²) in [5.74, 6) is -2.61. The maximum Gasteiger partial charge on any atom is 0.182 e. The van der Waals surface area contributed by atoms with Crippen molar-refractivity contribution in [3.8, 4) is 11.5 Å². The lowest BCUT2D eigenvalue weighted by Crippen LogP contribution is -2.32. The van der Waals surface area contributed by atoms with Crippen LogP contribution in [-0.2, 0) is 16.0 Å². The molecule has 5 nitrogen and oxygen atoms in total. The van der Waals surface area contributed by atoms with Crippen LogP contribution < -0.4 is 9.84 Å². The van der Waals surface area contributed by atoms with Gasteiger partial charge in [-0.3, -0.25) is 4.79 Å². The van der Waals surface area contributed by atoms with Crippen LogP contribution in [0.15, 0.2) is 18.2 Å². The Kier molecular flexibility index (Phi) is 3.28. The van der Waals surface area contributed by atoms with E-state index >= 15 is 0 Å². The number of ether oxygens (including phenoxy) is 1. The van der Waals surface area contributed by atoms with Crippen LogP contribution in [0.25, 0.3) is 0 Å². The molecule has 0 atom stereocenters. The molecule has 1 rings (SSSR count). The highest BCUT2D eigenvalue weighted by Crippen LogP contribution is 2.26. The second-order valence-electron chi connectivity index (χ2n) is 2.89. The van der Waals surface area contributed by atoms with Crippen molar-refractivity contribution in [1.29, 1.82) is 0 Å². The fraction of sp³-hybridized carbons (Fsp3) is 0.200. The summed E-state index contributed by atoms with van der Waals surface area (Å²) in [5.41, 5.74) is 0.443. The van der Waals surface area contributed by atoms with Gasteiger partial charge in [0.25, 0.3) is 0 Å². The number of ketones is 1. The van der Waals surface area contributed by atoms with E-state index in [9.17, 15) is 19.8 Å². The van der Waals surface area contributed by atoms with Crippen molar-refractivity contribution < 1.29 is 24.5 Å². The first kappa shape index (κ1) is 11.0. The Hall–Kier alpha value is -2.04. The van der Waals surface area contributed by atoms with Gasteiger partial charge in [-0.05, 0) is 17.7 Å². The number of benzene rings is 1. The molecule has 80 valence electrons. The van der Waals surface area contributed by atoms with Gasteiger partial charge in [-0.2, -0.15) is 0 Å². The minimum absolute atomic E-state index is 0.0675.